The summed E-state index contributed by atoms with van der Waals surface area (Å²) < 4.78 is 57.4. The summed E-state index contributed by atoms with van der Waals surface area (Å²) in [6.45, 7) is 3.51. The van der Waals surface area contributed by atoms with E-state index in [9.17, 15) is 13.2 Å². The monoisotopic (exact) mass is 446 g/mol. The van der Waals surface area contributed by atoms with Crippen LogP contribution in [0.3, 0.4) is 0 Å². The van der Waals surface area contributed by atoms with Crippen LogP contribution in [0.15, 0.2) is 30.5 Å². The smallest absolute Gasteiger partial charge is 0.416 e. The van der Waals surface area contributed by atoms with Crippen molar-refractivity contribution in [3.8, 4) is 17.2 Å². The molecular formula is C22H21F3N4O3. The van der Waals surface area contributed by atoms with Crippen LogP contribution in [0.25, 0.3) is 16.5 Å². The number of methoxy groups -OCH3 is 1. The van der Waals surface area contributed by atoms with Crippen molar-refractivity contribution in [3.63, 3.8) is 0 Å². The van der Waals surface area contributed by atoms with Gasteiger partial charge in [-0.2, -0.15) is 18.2 Å². The molecule has 0 saturated carbocycles. The lowest BCUT2D eigenvalue weighted by Crippen LogP contribution is -2.06. The minimum absolute atomic E-state index is 0.00906. The second-order valence-electron chi connectivity index (χ2n) is 7.56. The number of aromatic nitrogens is 2. The van der Waals surface area contributed by atoms with Gasteiger partial charge in [0.15, 0.2) is 0 Å². The van der Waals surface area contributed by atoms with Crippen LogP contribution in [0.2, 0.25) is 0 Å². The molecule has 2 aromatic carbocycles. The van der Waals surface area contributed by atoms with E-state index >= 15 is 0 Å². The highest BCUT2D eigenvalue weighted by atomic mass is 19.4. The normalized spacial score (nSPS) is 16.1. The van der Waals surface area contributed by atoms with Gasteiger partial charge in [0.2, 0.25) is 5.95 Å². The minimum atomic E-state index is -4.56. The Morgan fingerprint density at radius 1 is 1.19 bits per heavy atom. The first kappa shape index (κ1) is 21.5. The largest absolute Gasteiger partial charge is 0.504 e. The van der Waals surface area contributed by atoms with E-state index in [1.54, 1.807) is 13.0 Å². The average molecular weight is 446 g/mol. The van der Waals surface area contributed by atoms with Gasteiger partial charge in [-0.25, -0.2) is 4.98 Å². The van der Waals surface area contributed by atoms with Crippen molar-refractivity contribution in [3.05, 3.63) is 47.2 Å². The summed E-state index contributed by atoms with van der Waals surface area (Å²) in [4.78, 5) is 8.17. The number of halogens is 3. The molecule has 0 aliphatic carbocycles. The zero-order valence-electron chi connectivity index (χ0n) is 17.6. The molecule has 4 N–H and O–H groups in total. The summed E-state index contributed by atoms with van der Waals surface area (Å²) in [7, 11) is 1.42. The predicted molar refractivity (Wildman–Crippen MR) is 114 cm³/mol. The Hall–Kier alpha value is -3.69. The Bertz CT molecular complexity index is 1240. The van der Waals surface area contributed by atoms with Gasteiger partial charge >= 0.3 is 6.18 Å². The molecule has 1 aromatic heterocycles. The number of anilines is 2. The highest BCUT2D eigenvalue weighted by Gasteiger charge is 2.32. The maximum absolute atomic E-state index is 13.5. The van der Waals surface area contributed by atoms with Gasteiger partial charge in [0.05, 0.1) is 29.8 Å². The van der Waals surface area contributed by atoms with E-state index < -0.39 is 11.7 Å². The Kier molecular flexibility index (Phi) is 5.23. The van der Waals surface area contributed by atoms with Crippen molar-refractivity contribution in [1.82, 2.24) is 9.97 Å². The molecule has 0 saturated heterocycles. The summed E-state index contributed by atoms with van der Waals surface area (Å²) in [5.74, 6) is 0.896. The molecule has 0 bridgehead atoms. The van der Waals surface area contributed by atoms with E-state index in [1.165, 1.54) is 19.4 Å². The average Bonchev–Trinajstić information content (AvgIpc) is 3.08. The highest BCUT2D eigenvalue weighted by Crippen LogP contribution is 2.45. The van der Waals surface area contributed by atoms with E-state index in [0.29, 0.717) is 45.5 Å². The molecule has 0 amide bonds. The van der Waals surface area contributed by atoms with E-state index in [-0.39, 0.29) is 23.6 Å². The molecule has 0 fully saturated rings. The van der Waals surface area contributed by atoms with Crippen molar-refractivity contribution < 1.29 is 27.4 Å². The number of rotatable bonds is 4. The third-order valence-electron chi connectivity index (χ3n) is 5.07. The van der Waals surface area contributed by atoms with Crippen LogP contribution >= 0.6 is 0 Å². The van der Waals surface area contributed by atoms with Gasteiger partial charge in [0, 0.05) is 18.1 Å². The number of nitrogen functional groups attached to an aromatic ring is 2. The van der Waals surface area contributed by atoms with Crippen molar-refractivity contribution in [2.75, 3.05) is 18.6 Å². The number of ether oxygens (including phenoxy) is 3. The second-order valence-corrected chi connectivity index (χ2v) is 7.56. The van der Waals surface area contributed by atoms with Crippen molar-refractivity contribution in [1.29, 1.82) is 0 Å². The first-order chi connectivity index (χ1) is 15.1. The van der Waals surface area contributed by atoms with Crippen LogP contribution in [0.5, 0.6) is 17.2 Å². The number of hydrogen-bond acceptors (Lipinski definition) is 7. The maximum atomic E-state index is 13.5. The van der Waals surface area contributed by atoms with Crippen LogP contribution < -0.4 is 20.9 Å². The Balaban J connectivity index is 1.88. The Morgan fingerprint density at radius 3 is 2.62 bits per heavy atom. The molecule has 2 heterocycles. The topological polar surface area (TPSA) is 106 Å². The molecule has 1 aliphatic heterocycles. The second kappa shape index (κ2) is 7.77. The number of alkyl halides is 3. The zero-order valence-corrected chi connectivity index (χ0v) is 17.6. The van der Waals surface area contributed by atoms with Crippen LogP contribution in [-0.2, 0) is 17.3 Å². The Morgan fingerprint density at radius 2 is 1.94 bits per heavy atom. The first-order valence-electron chi connectivity index (χ1n) is 9.72. The van der Waals surface area contributed by atoms with Crippen LogP contribution in [0.4, 0.5) is 24.9 Å². The quantitative estimate of drug-likeness (QED) is 0.547. The van der Waals surface area contributed by atoms with Gasteiger partial charge in [-0.15, -0.1) is 0 Å². The highest BCUT2D eigenvalue weighted by molar-refractivity contribution is 5.97. The van der Waals surface area contributed by atoms with E-state index in [2.05, 4.69) is 9.97 Å². The number of allylic oxidation sites excluding steroid dienone is 1. The lowest BCUT2D eigenvalue weighted by atomic mass is 10.0. The number of hydrogen-bond donors (Lipinski definition) is 2. The lowest BCUT2D eigenvalue weighted by molar-refractivity contribution is -0.137. The van der Waals surface area contributed by atoms with Gasteiger partial charge in [0.25, 0.3) is 0 Å². The van der Waals surface area contributed by atoms with Crippen molar-refractivity contribution in [2.45, 2.75) is 32.5 Å². The molecule has 4 rings (SSSR count). The predicted octanol–water partition coefficient (Wildman–Crippen LogP) is 4.94. The fraction of sp³-hybridized carbons (Fsp3) is 0.273. The SMILES string of the molecule is CO/C=C(\C)c1cc(Oc2cc3nc(N)nc(N)c3c3c2CC(C)O3)cc(C(F)(F)F)c1. The van der Waals surface area contributed by atoms with Crippen LogP contribution in [0, 0.1) is 0 Å². The molecular weight excluding hydrogens is 425 g/mol. The molecule has 10 heteroatoms. The maximum Gasteiger partial charge on any atom is 0.416 e. The standard InChI is InChI=1S/C22H21F3N4O3/c1-10(9-30-3)12-5-13(22(23,24)25)7-14(6-12)32-17-8-16-18(20(26)29-21(27)28-16)19-15(17)4-11(2)31-19/h5-9,11H,4H2,1-3H3,(H4,26,27,28,29)/b10-9+. The van der Waals surface area contributed by atoms with E-state index in [1.807, 2.05) is 6.92 Å². The van der Waals surface area contributed by atoms with Crippen LogP contribution in [-0.4, -0.2) is 23.2 Å². The molecule has 1 atom stereocenters. The molecule has 32 heavy (non-hydrogen) atoms. The number of fused-ring (bicyclic) bond motifs is 3. The molecule has 168 valence electrons. The molecule has 7 nitrogen and oxygen atoms in total. The molecule has 1 aliphatic rings. The third-order valence-corrected chi connectivity index (χ3v) is 5.07. The van der Waals surface area contributed by atoms with Gasteiger partial charge in [-0.1, -0.05) is 0 Å². The summed E-state index contributed by atoms with van der Waals surface area (Å²) >= 11 is 0. The van der Waals surface area contributed by atoms with Crippen molar-refractivity contribution in [2.24, 2.45) is 0 Å². The minimum Gasteiger partial charge on any atom is -0.504 e. The molecule has 3 aromatic rings. The lowest BCUT2D eigenvalue weighted by Gasteiger charge is -2.16. The van der Waals surface area contributed by atoms with Crippen LogP contribution in [0.1, 0.15) is 30.5 Å². The molecule has 0 radical (unpaired) electrons. The van der Waals surface area contributed by atoms with Gasteiger partial charge in [0.1, 0.15) is 29.2 Å². The van der Waals surface area contributed by atoms with Gasteiger partial charge in [-0.3, -0.25) is 0 Å². The van der Waals surface area contributed by atoms with Gasteiger partial charge in [-0.05, 0) is 43.2 Å². The van der Waals surface area contributed by atoms with E-state index in [0.717, 1.165) is 12.1 Å². The van der Waals surface area contributed by atoms with Crippen molar-refractivity contribution >= 4 is 28.2 Å². The van der Waals surface area contributed by atoms with E-state index in [4.69, 9.17) is 25.7 Å². The summed E-state index contributed by atoms with van der Waals surface area (Å²) in [6.07, 6.45) is -2.89. The fourth-order valence-electron chi connectivity index (χ4n) is 3.69. The van der Waals surface area contributed by atoms with Gasteiger partial charge < -0.3 is 25.7 Å². The first-order valence-corrected chi connectivity index (χ1v) is 9.72. The zero-order chi connectivity index (χ0) is 23.2. The Labute approximate surface area is 181 Å². The summed E-state index contributed by atoms with van der Waals surface area (Å²) in [5, 5.41) is 0.495. The molecule has 0 spiro atoms. The number of nitrogens with zero attached hydrogens (tertiary/aromatic N) is 2. The third kappa shape index (κ3) is 3.95. The number of benzene rings is 2. The fourth-order valence-corrected chi connectivity index (χ4v) is 3.69. The summed E-state index contributed by atoms with van der Waals surface area (Å²) in [5.41, 5.74) is 12.8. The number of nitrogens with two attached hydrogens (primary N) is 2. The molecule has 1 unspecified atom stereocenters. The summed E-state index contributed by atoms with van der Waals surface area (Å²) in [6, 6.07) is 5.09.